The molecule has 1 heterocycles. The number of anilines is 1. The molecular weight excluding hydrogens is 254 g/mol. The predicted molar refractivity (Wildman–Crippen MR) is 75.0 cm³/mol. The van der Waals surface area contributed by atoms with Crippen molar-refractivity contribution in [1.82, 2.24) is 9.97 Å². The van der Waals surface area contributed by atoms with Crippen LogP contribution in [0, 0.1) is 6.92 Å². The predicted octanol–water partition coefficient (Wildman–Crippen LogP) is 3.52. The second-order valence-corrected chi connectivity index (χ2v) is 6.00. The Kier molecular flexibility index (Phi) is 4.51. The Morgan fingerprint density at radius 2 is 2.00 bits per heavy atom. The summed E-state index contributed by atoms with van der Waals surface area (Å²) < 4.78 is 0. The Balaban J connectivity index is 1.93. The Morgan fingerprint density at radius 3 is 2.59 bits per heavy atom. The summed E-state index contributed by atoms with van der Waals surface area (Å²) in [7, 11) is 0. The monoisotopic (exact) mass is 271 g/mol. The van der Waals surface area contributed by atoms with Crippen molar-refractivity contribution in [3.05, 3.63) is 17.0 Å². The minimum atomic E-state index is 0.512. The highest BCUT2D eigenvalue weighted by Gasteiger charge is 2.20. The van der Waals surface area contributed by atoms with Crippen LogP contribution >= 0.6 is 23.4 Å². The molecule has 0 aliphatic heterocycles. The van der Waals surface area contributed by atoms with Crippen LogP contribution in [0.15, 0.2) is 6.07 Å². The maximum Gasteiger partial charge on any atom is 0.134 e. The van der Waals surface area contributed by atoms with Crippen LogP contribution in [0.25, 0.3) is 0 Å². The zero-order valence-corrected chi connectivity index (χ0v) is 11.8. The molecule has 1 saturated carbocycles. The standard InChI is InChI=1S/C12H18ClN3S/c1-8-14-11(13)7-12(15-8)16-9-3-5-10(17-2)6-4-9/h7,9-10H,3-6H2,1-2H3,(H,14,15,16). The molecule has 0 bridgehead atoms. The number of nitrogens with zero attached hydrogens (tertiary/aromatic N) is 2. The quantitative estimate of drug-likeness (QED) is 0.854. The van der Waals surface area contributed by atoms with Crippen molar-refractivity contribution in [2.45, 2.75) is 43.9 Å². The van der Waals surface area contributed by atoms with Crippen molar-refractivity contribution in [3.63, 3.8) is 0 Å². The van der Waals surface area contributed by atoms with Gasteiger partial charge in [0, 0.05) is 17.4 Å². The van der Waals surface area contributed by atoms with E-state index < -0.39 is 0 Å². The summed E-state index contributed by atoms with van der Waals surface area (Å²) >= 11 is 7.90. The van der Waals surface area contributed by atoms with E-state index in [0.717, 1.165) is 16.9 Å². The number of rotatable bonds is 3. The average Bonchev–Trinajstić information content (AvgIpc) is 2.28. The summed E-state index contributed by atoms with van der Waals surface area (Å²) in [6.45, 7) is 1.86. The molecule has 5 heteroatoms. The number of aromatic nitrogens is 2. The molecule has 17 heavy (non-hydrogen) atoms. The Bertz CT molecular complexity index is 358. The number of halogens is 1. The number of thioether (sulfide) groups is 1. The molecule has 0 amide bonds. The van der Waals surface area contributed by atoms with Crippen LogP contribution in [0.2, 0.25) is 5.15 Å². The van der Waals surface area contributed by atoms with E-state index in [0.29, 0.717) is 11.2 Å². The van der Waals surface area contributed by atoms with Gasteiger partial charge in [-0.3, -0.25) is 0 Å². The highest BCUT2D eigenvalue weighted by atomic mass is 35.5. The lowest BCUT2D eigenvalue weighted by atomic mass is 9.95. The minimum Gasteiger partial charge on any atom is -0.367 e. The van der Waals surface area contributed by atoms with Crippen LogP contribution in [0.4, 0.5) is 5.82 Å². The number of hydrogen-bond acceptors (Lipinski definition) is 4. The van der Waals surface area contributed by atoms with Gasteiger partial charge in [-0.25, -0.2) is 9.97 Å². The van der Waals surface area contributed by atoms with Gasteiger partial charge in [0.25, 0.3) is 0 Å². The lowest BCUT2D eigenvalue weighted by molar-refractivity contribution is 0.472. The molecule has 1 aliphatic rings. The summed E-state index contributed by atoms with van der Waals surface area (Å²) in [6.07, 6.45) is 7.21. The maximum atomic E-state index is 5.92. The summed E-state index contributed by atoms with van der Waals surface area (Å²) in [4.78, 5) is 8.42. The van der Waals surface area contributed by atoms with E-state index in [9.17, 15) is 0 Å². The highest BCUT2D eigenvalue weighted by Crippen LogP contribution is 2.28. The fraction of sp³-hybridized carbons (Fsp3) is 0.667. The summed E-state index contributed by atoms with van der Waals surface area (Å²) in [6, 6.07) is 2.33. The summed E-state index contributed by atoms with van der Waals surface area (Å²) in [5, 5.41) is 4.81. The topological polar surface area (TPSA) is 37.8 Å². The third-order valence-corrected chi connectivity index (χ3v) is 4.50. The number of nitrogens with one attached hydrogen (secondary N) is 1. The van der Waals surface area contributed by atoms with Gasteiger partial charge in [-0.15, -0.1) is 0 Å². The fourth-order valence-electron chi connectivity index (χ4n) is 2.26. The molecule has 0 radical (unpaired) electrons. The van der Waals surface area contributed by atoms with Gasteiger partial charge in [0.2, 0.25) is 0 Å². The van der Waals surface area contributed by atoms with Crippen molar-refractivity contribution in [2.24, 2.45) is 0 Å². The van der Waals surface area contributed by atoms with E-state index >= 15 is 0 Å². The second-order valence-electron chi connectivity index (χ2n) is 4.48. The van der Waals surface area contributed by atoms with Gasteiger partial charge in [-0.2, -0.15) is 11.8 Å². The zero-order chi connectivity index (χ0) is 12.3. The third kappa shape index (κ3) is 3.75. The van der Waals surface area contributed by atoms with E-state index in [4.69, 9.17) is 11.6 Å². The Morgan fingerprint density at radius 1 is 1.29 bits per heavy atom. The van der Waals surface area contributed by atoms with Crippen LogP contribution in [0.5, 0.6) is 0 Å². The van der Waals surface area contributed by atoms with Gasteiger partial charge < -0.3 is 5.32 Å². The molecule has 1 aromatic heterocycles. The first-order valence-electron chi connectivity index (χ1n) is 5.98. The number of aryl methyl sites for hydroxylation is 1. The van der Waals surface area contributed by atoms with Gasteiger partial charge in [0.05, 0.1) is 0 Å². The molecule has 0 spiro atoms. The van der Waals surface area contributed by atoms with Gasteiger partial charge in [0.1, 0.15) is 16.8 Å². The smallest absolute Gasteiger partial charge is 0.134 e. The van der Waals surface area contributed by atoms with E-state index in [1.54, 1.807) is 6.07 Å². The molecule has 94 valence electrons. The second kappa shape index (κ2) is 5.91. The summed E-state index contributed by atoms with van der Waals surface area (Å²) in [5.41, 5.74) is 0. The molecular formula is C12H18ClN3S. The van der Waals surface area contributed by atoms with Crippen molar-refractivity contribution in [3.8, 4) is 0 Å². The largest absolute Gasteiger partial charge is 0.367 e. The van der Waals surface area contributed by atoms with E-state index in [-0.39, 0.29) is 0 Å². The molecule has 1 aromatic rings. The van der Waals surface area contributed by atoms with Gasteiger partial charge in [-0.05, 0) is 38.9 Å². The molecule has 0 saturated heterocycles. The first-order valence-corrected chi connectivity index (χ1v) is 7.64. The lowest BCUT2D eigenvalue weighted by Crippen LogP contribution is -2.27. The minimum absolute atomic E-state index is 0.512. The molecule has 3 nitrogen and oxygen atoms in total. The van der Waals surface area contributed by atoms with Crippen molar-refractivity contribution in [1.29, 1.82) is 0 Å². The van der Waals surface area contributed by atoms with Crippen LogP contribution in [0.3, 0.4) is 0 Å². The van der Waals surface area contributed by atoms with E-state index in [2.05, 4.69) is 21.5 Å². The van der Waals surface area contributed by atoms with Crippen molar-refractivity contribution >= 4 is 29.2 Å². The third-order valence-electron chi connectivity index (χ3n) is 3.17. The van der Waals surface area contributed by atoms with Crippen LogP contribution in [-0.4, -0.2) is 27.5 Å². The van der Waals surface area contributed by atoms with Crippen LogP contribution in [-0.2, 0) is 0 Å². The van der Waals surface area contributed by atoms with Crippen molar-refractivity contribution < 1.29 is 0 Å². The first-order chi connectivity index (χ1) is 8.17. The SMILES string of the molecule is CSC1CCC(Nc2cc(Cl)nc(C)n2)CC1. The Hall–Kier alpha value is -0.480. The van der Waals surface area contributed by atoms with Gasteiger partial charge in [0.15, 0.2) is 0 Å². The fourth-order valence-corrected chi connectivity index (χ4v) is 3.23. The van der Waals surface area contributed by atoms with Crippen molar-refractivity contribution in [2.75, 3.05) is 11.6 Å². The molecule has 0 atom stereocenters. The Labute approximate surface area is 112 Å². The molecule has 2 rings (SSSR count). The maximum absolute atomic E-state index is 5.92. The average molecular weight is 272 g/mol. The van der Waals surface area contributed by atoms with E-state index in [1.807, 2.05) is 18.7 Å². The van der Waals surface area contributed by atoms with Crippen LogP contribution in [0.1, 0.15) is 31.5 Å². The number of hydrogen-bond donors (Lipinski definition) is 1. The highest BCUT2D eigenvalue weighted by molar-refractivity contribution is 7.99. The lowest BCUT2D eigenvalue weighted by Gasteiger charge is -2.28. The molecule has 0 aromatic carbocycles. The summed E-state index contributed by atoms with van der Waals surface area (Å²) in [5.74, 6) is 1.58. The van der Waals surface area contributed by atoms with Crippen LogP contribution < -0.4 is 5.32 Å². The first kappa shape index (κ1) is 13.0. The van der Waals surface area contributed by atoms with E-state index in [1.165, 1.54) is 25.7 Å². The zero-order valence-electron chi connectivity index (χ0n) is 10.2. The molecule has 1 aliphatic carbocycles. The molecule has 1 N–H and O–H groups in total. The van der Waals surface area contributed by atoms with Gasteiger partial charge in [-0.1, -0.05) is 11.6 Å². The molecule has 0 unspecified atom stereocenters. The van der Waals surface area contributed by atoms with Gasteiger partial charge >= 0.3 is 0 Å². The normalized spacial score (nSPS) is 24.6. The molecule has 1 fully saturated rings.